The van der Waals surface area contributed by atoms with Crippen molar-refractivity contribution in [3.63, 3.8) is 0 Å². The number of phenols is 1. The first-order valence-corrected chi connectivity index (χ1v) is 18.2. The van der Waals surface area contributed by atoms with Crippen LogP contribution in [0.4, 0.5) is 10.5 Å². The summed E-state index contributed by atoms with van der Waals surface area (Å²) < 4.78 is 12.0. The molecule has 4 heterocycles. The Labute approximate surface area is 292 Å². The van der Waals surface area contributed by atoms with Crippen LogP contribution in [0.5, 0.6) is 5.75 Å². The fourth-order valence-corrected chi connectivity index (χ4v) is 8.06. The lowest BCUT2D eigenvalue weighted by molar-refractivity contribution is -0.0185. The minimum atomic E-state index is -0.733. The molecule has 5 atom stereocenters. The summed E-state index contributed by atoms with van der Waals surface area (Å²) in [7, 11) is 0. The lowest BCUT2D eigenvalue weighted by atomic mass is 9.98. The van der Waals surface area contributed by atoms with E-state index in [4.69, 9.17) is 9.47 Å². The van der Waals surface area contributed by atoms with Crippen molar-refractivity contribution in [2.45, 2.75) is 94.3 Å². The molecule has 4 aromatic rings. The first-order chi connectivity index (χ1) is 24.5. The zero-order valence-electron chi connectivity index (χ0n) is 28.4. The summed E-state index contributed by atoms with van der Waals surface area (Å²) in [5.74, 6) is -0.00448. The molecule has 10 heteroatoms. The molecule has 7 rings (SSSR count). The summed E-state index contributed by atoms with van der Waals surface area (Å²) in [6.45, 7) is 2.32. The van der Waals surface area contributed by atoms with Crippen molar-refractivity contribution < 1.29 is 24.5 Å². The number of benzene rings is 3. The van der Waals surface area contributed by atoms with Crippen molar-refractivity contribution in [3.05, 3.63) is 94.8 Å². The molecule has 3 aliphatic heterocycles. The van der Waals surface area contributed by atoms with E-state index < -0.39 is 12.2 Å². The average Bonchev–Trinajstić information content (AvgIpc) is 3.89. The number of phenolic OH excluding ortho intramolecular Hbond substituents is 1. The Morgan fingerprint density at radius 2 is 1.58 bits per heavy atom. The van der Waals surface area contributed by atoms with E-state index in [1.54, 1.807) is 12.1 Å². The van der Waals surface area contributed by atoms with E-state index in [0.717, 1.165) is 55.6 Å². The summed E-state index contributed by atoms with van der Waals surface area (Å²) in [6, 6.07) is 24.8. The number of fused-ring (bicyclic) bond motifs is 6. The number of piperidine rings is 1. The summed E-state index contributed by atoms with van der Waals surface area (Å²) in [4.78, 5) is 29.9. The van der Waals surface area contributed by atoms with Gasteiger partial charge < -0.3 is 30.0 Å². The number of para-hydroxylation sites is 1. The number of aliphatic hydroxyl groups is 1. The minimum absolute atomic E-state index is 0.00448. The van der Waals surface area contributed by atoms with E-state index in [2.05, 4.69) is 20.5 Å². The molecule has 264 valence electrons. The van der Waals surface area contributed by atoms with Crippen LogP contribution in [0.2, 0.25) is 0 Å². The van der Waals surface area contributed by atoms with Gasteiger partial charge in [0.1, 0.15) is 24.1 Å². The maximum Gasteiger partial charge on any atom is 0.411 e. The number of amides is 1. The Hall–Kier alpha value is -4.22. The lowest BCUT2D eigenvalue weighted by Crippen LogP contribution is -2.50. The van der Waals surface area contributed by atoms with Gasteiger partial charge in [0.2, 0.25) is 5.56 Å². The number of H-pyrrole nitrogens is 1. The minimum Gasteiger partial charge on any atom is -0.506 e. The maximum atomic E-state index is 13.0. The molecule has 3 fully saturated rings. The Bertz CT molecular complexity index is 1800. The monoisotopic (exact) mass is 680 g/mol. The average molecular weight is 681 g/mol. The van der Waals surface area contributed by atoms with Gasteiger partial charge in [0.05, 0.1) is 17.3 Å². The van der Waals surface area contributed by atoms with Gasteiger partial charge in [-0.3, -0.25) is 15.0 Å². The largest absolute Gasteiger partial charge is 0.506 e. The highest BCUT2D eigenvalue weighted by atomic mass is 16.6. The van der Waals surface area contributed by atoms with E-state index in [-0.39, 0.29) is 29.6 Å². The van der Waals surface area contributed by atoms with E-state index in [1.165, 1.54) is 44.2 Å². The van der Waals surface area contributed by atoms with Crippen LogP contribution < -0.4 is 16.2 Å². The molecule has 4 unspecified atom stereocenters. The Morgan fingerprint density at radius 1 is 0.880 bits per heavy atom. The van der Waals surface area contributed by atoms with Crippen molar-refractivity contribution in [1.29, 1.82) is 0 Å². The van der Waals surface area contributed by atoms with Crippen molar-refractivity contribution in [3.8, 4) is 16.9 Å². The van der Waals surface area contributed by atoms with Crippen LogP contribution in [-0.2, 0) is 9.47 Å². The molecular formula is C40H48N4O6. The smallest absolute Gasteiger partial charge is 0.411 e. The number of rotatable bonds is 16. The van der Waals surface area contributed by atoms with Crippen LogP contribution in [0.15, 0.2) is 83.7 Å². The first-order valence-electron chi connectivity index (χ1n) is 18.2. The number of aromatic nitrogens is 1. The Balaban J connectivity index is 0.759. The normalized spacial score (nSPS) is 23.0. The number of carbonyl (C=O) groups excluding carboxylic acids is 1. The molecule has 0 radical (unpaired) electrons. The molecule has 50 heavy (non-hydrogen) atoms. The first kappa shape index (κ1) is 34.2. The van der Waals surface area contributed by atoms with Crippen LogP contribution in [-0.4, -0.2) is 76.2 Å². The quantitative estimate of drug-likeness (QED) is 0.0669. The van der Waals surface area contributed by atoms with Gasteiger partial charge in [-0.05, 0) is 55.3 Å². The van der Waals surface area contributed by atoms with Crippen LogP contribution in [0, 0.1) is 0 Å². The number of epoxide rings is 1. The predicted octanol–water partition coefficient (Wildman–Crippen LogP) is 6.49. The topological polar surface area (TPSA) is 139 Å². The molecule has 1 aromatic heterocycles. The second-order valence-electron chi connectivity index (χ2n) is 14.0. The van der Waals surface area contributed by atoms with Gasteiger partial charge in [-0.2, -0.15) is 0 Å². The van der Waals surface area contributed by atoms with Gasteiger partial charge in [-0.1, -0.05) is 86.7 Å². The predicted molar refractivity (Wildman–Crippen MR) is 194 cm³/mol. The number of aromatic hydroxyl groups is 1. The van der Waals surface area contributed by atoms with Crippen molar-refractivity contribution in [1.82, 2.24) is 15.2 Å². The van der Waals surface area contributed by atoms with Crippen molar-refractivity contribution in [2.75, 3.05) is 25.0 Å². The molecule has 0 aliphatic carbocycles. The molecule has 5 N–H and O–H groups in total. The van der Waals surface area contributed by atoms with E-state index in [1.807, 2.05) is 54.6 Å². The van der Waals surface area contributed by atoms with Crippen LogP contribution in [0.3, 0.4) is 0 Å². The van der Waals surface area contributed by atoms with Crippen molar-refractivity contribution in [2.24, 2.45) is 0 Å². The highest BCUT2D eigenvalue weighted by Gasteiger charge is 2.63. The number of unbranched alkanes of at least 4 members (excludes halogenated alkanes) is 6. The lowest BCUT2D eigenvalue weighted by Gasteiger charge is -2.40. The highest BCUT2D eigenvalue weighted by molar-refractivity contribution is 5.91. The van der Waals surface area contributed by atoms with Crippen LogP contribution in [0.1, 0.15) is 69.5 Å². The number of carbonyl (C=O) groups is 1. The number of ether oxygens (including phenoxy) is 2. The summed E-state index contributed by atoms with van der Waals surface area (Å²) in [6.07, 6.45) is 9.24. The molecule has 3 aliphatic rings. The molecule has 0 spiro atoms. The van der Waals surface area contributed by atoms with Gasteiger partial charge in [0.25, 0.3) is 0 Å². The van der Waals surface area contributed by atoms with E-state index in [0.29, 0.717) is 35.1 Å². The van der Waals surface area contributed by atoms with Gasteiger partial charge in [-0.15, -0.1) is 0 Å². The SMILES string of the molecule is O=C(Nc1ccccc1-c1ccccc1)OC1CC2C3OC3C(C1)N2CCCCCCCCCNC[C@H](O)c1ccc(O)c2[nH]c(=O)ccc12. The maximum absolute atomic E-state index is 13.0. The Morgan fingerprint density at radius 3 is 2.36 bits per heavy atom. The third-order valence-corrected chi connectivity index (χ3v) is 10.6. The second kappa shape index (κ2) is 15.8. The number of aromatic amines is 1. The number of nitrogens with one attached hydrogen (secondary N) is 3. The van der Waals surface area contributed by atoms with Gasteiger partial charge in [-0.25, -0.2) is 4.79 Å². The number of nitrogens with zero attached hydrogens (tertiary/aromatic N) is 1. The number of pyridine rings is 1. The fourth-order valence-electron chi connectivity index (χ4n) is 8.06. The zero-order valence-corrected chi connectivity index (χ0v) is 28.4. The highest BCUT2D eigenvalue weighted by Crippen LogP contribution is 2.49. The summed E-state index contributed by atoms with van der Waals surface area (Å²) >= 11 is 0. The second-order valence-corrected chi connectivity index (χ2v) is 14.0. The molecule has 2 bridgehead atoms. The van der Waals surface area contributed by atoms with E-state index in [9.17, 15) is 19.8 Å². The van der Waals surface area contributed by atoms with Crippen LogP contribution in [0.25, 0.3) is 22.0 Å². The molecule has 0 saturated carbocycles. The van der Waals surface area contributed by atoms with Crippen LogP contribution >= 0.6 is 0 Å². The summed E-state index contributed by atoms with van der Waals surface area (Å²) in [5, 5.41) is 27.8. The van der Waals surface area contributed by atoms with Gasteiger partial charge >= 0.3 is 6.09 Å². The fraction of sp³-hybridized carbons (Fsp3) is 0.450. The number of hydrogen-bond donors (Lipinski definition) is 5. The third kappa shape index (κ3) is 7.89. The third-order valence-electron chi connectivity index (χ3n) is 10.6. The molecule has 3 aromatic carbocycles. The molecule has 1 amide bonds. The number of morpholine rings is 1. The number of aliphatic hydroxyl groups excluding tert-OH is 1. The van der Waals surface area contributed by atoms with Crippen molar-refractivity contribution >= 4 is 22.7 Å². The number of hydrogen-bond acceptors (Lipinski definition) is 8. The standard InChI is InChI=1S/C40H48N4O6/c45-34-19-17-29(30-18-20-36(47)43-37(30)34)35(46)25-41-21-11-4-2-1-3-5-12-22-44-32-23-27(24-33(44)39-38(32)50-39)49-40(48)42-31-16-10-9-15-28(31)26-13-7-6-8-14-26/h6-10,13-20,27,32-33,35,38-39,41,45-46H,1-5,11-12,21-25H2,(H,42,48)(H,43,47)/t27?,32?,33?,35-,38?,39?/m0/s1. The molecular weight excluding hydrogens is 632 g/mol. The summed E-state index contributed by atoms with van der Waals surface area (Å²) in [5.41, 5.74) is 3.52. The molecule has 10 nitrogen and oxygen atoms in total. The Kier molecular flexibility index (Phi) is 10.8. The van der Waals surface area contributed by atoms with Gasteiger partial charge in [0, 0.05) is 48.5 Å². The van der Waals surface area contributed by atoms with Gasteiger partial charge in [0.15, 0.2) is 0 Å². The number of anilines is 1. The van der Waals surface area contributed by atoms with E-state index >= 15 is 0 Å². The molecule has 3 saturated heterocycles. The zero-order chi connectivity index (χ0) is 34.5.